The summed E-state index contributed by atoms with van der Waals surface area (Å²) in [4.78, 5) is 12.3. The van der Waals surface area contributed by atoms with Crippen LogP contribution in [0.5, 0.6) is 0 Å². The monoisotopic (exact) mass is 378 g/mol. The third-order valence-corrected chi connectivity index (χ3v) is 9.93. The molecule has 0 fully saturated rings. The summed E-state index contributed by atoms with van der Waals surface area (Å²) in [5.74, 6) is -0.469. The Bertz CT molecular complexity index is 646. The molecule has 2 atom stereocenters. The third kappa shape index (κ3) is 4.84. The first kappa shape index (κ1) is 22.6. The number of aliphatic hydroxyl groups is 1. The molecule has 0 aliphatic rings. The number of carbonyl (C=O) groups is 1. The van der Waals surface area contributed by atoms with Crippen molar-refractivity contribution >= 4 is 14.3 Å². The quantitative estimate of drug-likeness (QED) is 0.412. The van der Waals surface area contributed by atoms with E-state index in [9.17, 15) is 9.90 Å². The predicted octanol–water partition coefficient (Wildman–Crippen LogP) is 5.00. The van der Waals surface area contributed by atoms with Gasteiger partial charge in [0, 0.05) is 0 Å². The Labute approximate surface area is 159 Å². The summed E-state index contributed by atoms with van der Waals surface area (Å²) >= 11 is 0. The van der Waals surface area contributed by atoms with Gasteiger partial charge in [-0.1, -0.05) is 57.2 Å². The normalized spacial score (nSPS) is 16.3. The zero-order chi connectivity index (χ0) is 20.2. The number of methoxy groups -OCH3 is 1. The number of carbonyl (C=O) groups excluding carboxylic acids is 1. The first-order valence-electron chi connectivity index (χ1n) is 9.03. The van der Waals surface area contributed by atoms with Gasteiger partial charge in [-0.05, 0) is 43.1 Å². The molecule has 0 saturated heterocycles. The summed E-state index contributed by atoms with van der Waals surface area (Å²) in [6.45, 7) is 14.9. The van der Waals surface area contributed by atoms with Crippen molar-refractivity contribution in [2.24, 2.45) is 5.41 Å². The van der Waals surface area contributed by atoms with Crippen LogP contribution in [0, 0.1) is 5.41 Å². The van der Waals surface area contributed by atoms with Gasteiger partial charge in [-0.2, -0.15) is 0 Å². The fourth-order valence-corrected chi connectivity index (χ4v) is 3.52. The zero-order valence-corrected chi connectivity index (χ0v) is 18.4. The fourth-order valence-electron chi connectivity index (χ4n) is 2.57. The van der Waals surface area contributed by atoms with Gasteiger partial charge in [0.2, 0.25) is 0 Å². The highest BCUT2D eigenvalue weighted by molar-refractivity contribution is 6.74. The number of hydrogen-bond donors (Lipinski definition) is 1. The smallest absolute Gasteiger partial charge is 0.318 e. The first-order valence-corrected chi connectivity index (χ1v) is 11.9. The summed E-state index contributed by atoms with van der Waals surface area (Å²) in [5, 5.41) is 11.1. The van der Waals surface area contributed by atoms with E-state index in [1.165, 1.54) is 7.11 Å². The number of benzene rings is 1. The van der Waals surface area contributed by atoms with E-state index in [4.69, 9.17) is 9.16 Å². The van der Waals surface area contributed by atoms with Gasteiger partial charge in [0.1, 0.15) is 5.41 Å². The topological polar surface area (TPSA) is 55.8 Å². The van der Waals surface area contributed by atoms with E-state index in [0.717, 1.165) is 5.56 Å². The molecule has 0 bridgehead atoms. The van der Waals surface area contributed by atoms with Crippen LogP contribution in [0.1, 0.15) is 51.8 Å². The molecule has 146 valence electrons. The molecule has 0 unspecified atom stereocenters. The lowest BCUT2D eigenvalue weighted by molar-refractivity contribution is -0.155. The van der Waals surface area contributed by atoms with Gasteiger partial charge in [0.05, 0.1) is 19.8 Å². The van der Waals surface area contributed by atoms with Crippen LogP contribution in [0.3, 0.4) is 0 Å². The molecule has 0 radical (unpaired) electrons. The van der Waals surface area contributed by atoms with Crippen LogP contribution < -0.4 is 0 Å². The Morgan fingerprint density at radius 3 is 2.31 bits per heavy atom. The van der Waals surface area contributed by atoms with E-state index >= 15 is 0 Å². The minimum atomic E-state index is -1.92. The van der Waals surface area contributed by atoms with Crippen molar-refractivity contribution in [2.45, 2.75) is 65.5 Å². The van der Waals surface area contributed by atoms with Crippen molar-refractivity contribution in [3.05, 3.63) is 47.5 Å². The Hall–Kier alpha value is -1.43. The van der Waals surface area contributed by atoms with Gasteiger partial charge in [0.15, 0.2) is 8.32 Å². The SMILES string of the molecule is C/C=C/[C@@](C)(C(=O)OC)[C@@H](O)c1ccccc1CO[Si](C)(C)C(C)(C)C. The summed E-state index contributed by atoms with van der Waals surface area (Å²) < 4.78 is 11.3. The van der Waals surface area contributed by atoms with Crippen LogP contribution in [0.15, 0.2) is 36.4 Å². The second kappa shape index (κ2) is 8.50. The second-order valence-corrected chi connectivity index (χ2v) is 13.2. The highest BCUT2D eigenvalue weighted by atomic mass is 28.4. The summed E-state index contributed by atoms with van der Waals surface area (Å²) in [6.07, 6.45) is 2.43. The van der Waals surface area contributed by atoms with Gasteiger partial charge in [-0.25, -0.2) is 0 Å². The summed E-state index contributed by atoms with van der Waals surface area (Å²) in [5.41, 5.74) is 0.429. The molecule has 0 aliphatic carbocycles. The van der Waals surface area contributed by atoms with E-state index in [1.807, 2.05) is 31.2 Å². The maximum atomic E-state index is 12.3. The van der Waals surface area contributed by atoms with Crippen molar-refractivity contribution in [1.82, 2.24) is 0 Å². The minimum Gasteiger partial charge on any atom is -0.468 e. The molecular weight excluding hydrogens is 344 g/mol. The standard InChI is InChI=1S/C21H34O4Si/c1-9-14-21(5,19(23)24-6)18(22)17-13-11-10-12-16(17)15-25-26(7,8)20(2,3)4/h9-14,18,22H,15H2,1-8H3/b14-9+/t18-,21+/m0/s1. The van der Waals surface area contributed by atoms with Crippen LogP contribution in [-0.2, 0) is 20.6 Å². The number of rotatable bonds is 7. The van der Waals surface area contributed by atoms with E-state index in [2.05, 4.69) is 33.9 Å². The van der Waals surface area contributed by atoms with Crippen molar-refractivity contribution in [2.75, 3.05) is 7.11 Å². The van der Waals surface area contributed by atoms with Crippen LogP contribution in [0.4, 0.5) is 0 Å². The lowest BCUT2D eigenvalue weighted by atomic mass is 9.79. The van der Waals surface area contributed by atoms with Crippen LogP contribution >= 0.6 is 0 Å². The molecule has 5 heteroatoms. The maximum absolute atomic E-state index is 12.3. The molecule has 1 N–H and O–H groups in total. The van der Waals surface area contributed by atoms with Crippen LogP contribution in [0.2, 0.25) is 18.1 Å². The first-order chi connectivity index (χ1) is 11.9. The molecule has 1 rings (SSSR count). The van der Waals surface area contributed by atoms with Gasteiger partial charge in [-0.3, -0.25) is 4.79 Å². The Morgan fingerprint density at radius 1 is 1.23 bits per heavy atom. The minimum absolute atomic E-state index is 0.103. The number of hydrogen-bond acceptors (Lipinski definition) is 4. The molecule has 0 heterocycles. The lowest BCUT2D eigenvalue weighted by Gasteiger charge is -2.37. The Morgan fingerprint density at radius 2 is 1.81 bits per heavy atom. The largest absolute Gasteiger partial charge is 0.468 e. The second-order valence-electron chi connectivity index (χ2n) is 8.42. The third-order valence-electron chi connectivity index (χ3n) is 5.45. The average molecular weight is 379 g/mol. The Kier molecular flexibility index (Phi) is 7.39. The Balaban J connectivity index is 3.21. The highest BCUT2D eigenvalue weighted by Crippen LogP contribution is 2.40. The zero-order valence-electron chi connectivity index (χ0n) is 17.4. The number of aliphatic hydroxyl groups excluding tert-OH is 1. The maximum Gasteiger partial charge on any atom is 0.318 e. The number of esters is 1. The summed E-state index contributed by atoms with van der Waals surface area (Å²) in [6, 6.07) is 7.58. The molecule has 0 aromatic heterocycles. The molecule has 0 spiro atoms. The molecular formula is C21H34O4Si. The van der Waals surface area contributed by atoms with Crippen molar-refractivity contribution < 1.29 is 19.1 Å². The van der Waals surface area contributed by atoms with Gasteiger partial charge >= 0.3 is 5.97 Å². The van der Waals surface area contributed by atoms with Crippen molar-refractivity contribution in [3.63, 3.8) is 0 Å². The molecule has 0 aliphatic heterocycles. The molecule has 4 nitrogen and oxygen atoms in total. The van der Waals surface area contributed by atoms with Gasteiger partial charge < -0.3 is 14.3 Å². The fraction of sp³-hybridized carbons (Fsp3) is 0.571. The van der Waals surface area contributed by atoms with E-state index in [-0.39, 0.29) is 5.04 Å². The predicted molar refractivity (Wildman–Crippen MR) is 108 cm³/mol. The number of allylic oxidation sites excluding steroid dienone is 1. The van der Waals surface area contributed by atoms with Gasteiger partial charge in [0.25, 0.3) is 0 Å². The highest BCUT2D eigenvalue weighted by Gasteiger charge is 2.41. The average Bonchev–Trinajstić information content (AvgIpc) is 2.58. The molecule has 26 heavy (non-hydrogen) atoms. The molecule has 1 aromatic rings. The van der Waals surface area contributed by atoms with E-state index in [0.29, 0.717) is 12.2 Å². The van der Waals surface area contributed by atoms with E-state index < -0.39 is 25.8 Å². The lowest BCUT2D eigenvalue weighted by Crippen LogP contribution is -2.40. The van der Waals surface area contributed by atoms with Crippen molar-refractivity contribution in [1.29, 1.82) is 0 Å². The summed E-state index contributed by atoms with van der Waals surface area (Å²) in [7, 11) is -0.586. The molecule has 0 saturated carbocycles. The van der Waals surface area contributed by atoms with Crippen molar-refractivity contribution in [3.8, 4) is 0 Å². The molecule has 1 aromatic carbocycles. The number of ether oxygens (including phenoxy) is 1. The van der Waals surface area contributed by atoms with Crippen LogP contribution in [0.25, 0.3) is 0 Å². The molecule has 0 amide bonds. The van der Waals surface area contributed by atoms with Gasteiger partial charge in [-0.15, -0.1) is 0 Å². The van der Waals surface area contributed by atoms with Crippen LogP contribution in [-0.4, -0.2) is 26.5 Å². The van der Waals surface area contributed by atoms with E-state index in [1.54, 1.807) is 19.1 Å².